The molecule has 3 heterocycles. The molecule has 1 amide bonds. The predicted molar refractivity (Wildman–Crippen MR) is 214 cm³/mol. The van der Waals surface area contributed by atoms with Gasteiger partial charge in [0.05, 0.1) is 33.0 Å². The average Bonchev–Trinajstić information content (AvgIpc) is 3.07. The highest BCUT2D eigenvalue weighted by molar-refractivity contribution is 7.86. The van der Waals surface area contributed by atoms with Gasteiger partial charge >= 0.3 is 5.97 Å². The van der Waals surface area contributed by atoms with Crippen LogP contribution in [0.15, 0.2) is 60.7 Å². The van der Waals surface area contributed by atoms with Crippen LogP contribution in [-0.2, 0) is 25.0 Å². The third-order valence-corrected chi connectivity index (χ3v) is 12.0. The summed E-state index contributed by atoms with van der Waals surface area (Å²) in [5.74, 6) is -1.90. The first kappa shape index (κ1) is 40.8. The Morgan fingerprint density at radius 3 is 2.20 bits per heavy atom. The lowest BCUT2D eigenvalue weighted by atomic mass is 9.83. The summed E-state index contributed by atoms with van der Waals surface area (Å²) in [6.07, 6.45) is 3.73. The van der Waals surface area contributed by atoms with Crippen molar-refractivity contribution in [1.82, 2.24) is 9.48 Å². The van der Waals surface area contributed by atoms with Gasteiger partial charge in [-0.25, -0.2) is 13.0 Å². The molecule has 0 bridgehead atoms. The van der Waals surface area contributed by atoms with Crippen molar-refractivity contribution >= 4 is 54.5 Å². The molecular formula is C41H47N3O10S2. The van der Waals surface area contributed by atoms with Crippen LogP contribution < -0.4 is 24.8 Å². The van der Waals surface area contributed by atoms with E-state index in [1.165, 1.54) is 4.90 Å². The number of carboxylic acids is 1. The minimum atomic E-state index is -4.71. The lowest BCUT2D eigenvalue weighted by Gasteiger charge is -2.44. The maximum atomic E-state index is 14.2. The lowest BCUT2D eigenvalue weighted by Crippen LogP contribution is -2.50. The van der Waals surface area contributed by atoms with Crippen LogP contribution in [0.3, 0.4) is 0 Å². The largest absolute Gasteiger partial charge is 0.748 e. The summed E-state index contributed by atoms with van der Waals surface area (Å²) < 4.78 is 80.6. The Hall–Kier alpha value is -4.83. The second-order valence-electron chi connectivity index (χ2n) is 15.5. The van der Waals surface area contributed by atoms with E-state index in [9.17, 15) is 40.6 Å². The number of ether oxygens (including phenoxy) is 1. The maximum absolute atomic E-state index is 14.2. The van der Waals surface area contributed by atoms with Crippen LogP contribution in [0.25, 0.3) is 16.7 Å². The van der Waals surface area contributed by atoms with E-state index in [2.05, 4.69) is 9.48 Å². The number of fused-ring (bicyclic) bond motifs is 4. The van der Waals surface area contributed by atoms with Crippen LogP contribution in [0.5, 0.6) is 11.5 Å². The third-order valence-electron chi connectivity index (χ3n) is 10.6. The molecule has 56 heavy (non-hydrogen) atoms. The first-order valence-corrected chi connectivity index (χ1v) is 21.6. The Balaban J connectivity index is 1.73. The molecule has 13 nitrogen and oxygen atoms in total. The molecular weight excluding hydrogens is 759 g/mol. The Morgan fingerprint density at radius 1 is 0.893 bits per heavy atom. The van der Waals surface area contributed by atoms with E-state index >= 15 is 0 Å². The smallest absolute Gasteiger partial charge is 0.303 e. The van der Waals surface area contributed by atoms with Crippen LogP contribution >= 0.6 is 0 Å². The zero-order valence-corrected chi connectivity index (χ0v) is 34.2. The van der Waals surface area contributed by atoms with Crippen molar-refractivity contribution in [1.29, 1.82) is 0 Å². The molecule has 15 heteroatoms. The summed E-state index contributed by atoms with van der Waals surface area (Å²) >= 11 is 0. The number of rotatable bonds is 12. The predicted octanol–water partition coefficient (Wildman–Crippen LogP) is 4.10. The molecule has 0 spiro atoms. The highest BCUT2D eigenvalue weighted by atomic mass is 32.2. The van der Waals surface area contributed by atoms with E-state index in [4.69, 9.17) is 4.74 Å². The van der Waals surface area contributed by atoms with Crippen LogP contribution in [0.1, 0.15) is 87.0 Å². The molecule has 3 aliphatic rings. The van der Waals surface area contributed by atoms with Gasteiger partial charge < -0.3 is 24.2 Å². The monoisotopic (exact) mass is 805 g/mol. The number of hydrogen-bond acceptors (Lipinski definition) is 9. The fourth-order valence-electron chi connectivity index (χ4n) is 8.44. The van der Waals surface area contributed by atoms with Gasteiger partial charge in [-0.15, -0.1) is 0 Å². The molecule has 3 aromatic carbocycles. The van der Waals surface area contributed by atoms with E-state index in [0.717, 1.165) is 0 Å². The lowest BCUT2D eigenvalue weighted by molar-refractivity contribution is -0.137. The molecule has 0 unspecified atom stereocenters. The van der Waals surface area contributed by atoms with Gasteiger partial charge in [0, 0.05) is 79.6 Å². The molecule has 0 aliphatic carbocycles. The number of amides is 1. The number of carbonyl (C=O) groups is 2. The first-order chi connectivity index (χ1) is 26.0. The number of carbonyl (C=O) groups excluding carboxylic acids is 1. The van der Waals surface area contributed by atoms with Crippen LogP contribution in [-0.4, -0.2) is 97.1 Å². The van der Waals surface area contributed by atoms with Crippen molar-refractivity contribution < 1.29 is 45.4 Å². The molecule has 0 atom stereocenters. The van der Waals surface area contributed by atoms with E-state index < -0.39 is 48.8 Å². The number of nitrogens with zero attached hydrogens (tertiary/aromatic N) is 3. The Kier molecular flexibility index (Phi) is 10.6. The average molecular weight is 806 g/mol. The van der Waals surface area contributed by atoms with E-state index in [1.807, 2.05) is 59.8 Å². The third kappa shape index (κ3) is 7.90. The van der Waals surface area contributed by atoms with Gasteiger partial charge in [-0.1, -0.05) is 24.3 Å². The minimum absolute atomic E-state index is 0.115. The minimum Gasteiger partial charge on any atom is -0.748 e. The molecule has 0 fully saturated rings. The zero-order chi connectivity index (χ0) is 41.1. The summed E-state index contributed by atoms with van der Waals surface area (Å²) in [6, 6.07) is 14.2. The van der Waals surface area contributed by atoms with E-state index in [0.29, 0.717) is 85.4 Å². The molecule has 0 saturated carbocycles. The van der Waals surface area contributed by atoms with Crippen molar-refractivity contribution in [3.05, 3.63) is 99.1 Å². The van der Waals surface area contributed by atoms with Crippen LogP contribution in [0.2, 0.25) is 0 Å². The van der Waals surface area contributed by atoms with Crippen molar-refractivity contribution in [2.75, 3.05) is 43.1 Å². The molecule has 3 aromatic rings. The molecule has 0 aromatic heterocycles. The van der Waals surface area contributed by atoms with E-state index in [1.54, 1.807) is 49.5 Å². The Bertz CT molecular complexity index is 2590. The number of benzene rings is 3. The van der Waals surface area contributed by atoms with Crippen molar-refractivity contribution in [3.63, 3.8) is 0 Å². The fraction of sp³-hybridized carbons (Fsp3) is 0.390. The van der Waals surface area contributed by atoms with Crippen LogP contribution in [0.4, 0.5) is 5.69 Å². The van der Waals surface area contributed by atoms with Gasteiger partial charge in [-0.3, -0.25) is 14.1 Å². The SMILES string of the molecule is CCN1c2cc3c(cc2C(CS(=O)(=O)[O-])=CC1(C)C)C(c1ccccc1C(=O)N(C)CCCC(=O)O)=c1cc2c(cc1O3)=[N+](CC)C(C)(C)C=C2CS(=O)(=O)O. The number of hydrogen-bond donors (Lipinski definition) is 2. The Morgan fingerprint density at radius 2 is 1.57 bits per heavy atom. The van der Waals surface area contributed by atoms with Gasteiger partial charge in [0.25, 0.3) is 16.0 Å². The first-order valence-electron chi connectivity index (χ1n) is 18.4. The van der Waals surface area contributed by atoms with Crippen molar-refractivity contribution in [2.24, 2.45) is 0 Å². The molecule has 0 saturated heterocycles. The number of aliphatic carboxylic acids is 1. The number of anilines is 1. The highest BCUT2D eigenvalue weighted by Crippen LogP contribution is 2.47. The summed E-state index contributed by atoms with van der Waals surface area (Å²) in [4.78, 5) is 29.0. The van der Waals surface area contributed by atoms with Crippen LogP contribution in [0, 0.1) is 0 Å². The standard InChI is InChI=1S/C41H47N3O10S2/c1-8-43-33-19-35-31(17-29(33)25(21-40(43,3)4)23-55(48,49)50)38(27-13-10-11-14-28(27)39(47)42(7)16-12-15-37(45)46)32-18-30-26(24-56(51,52)53)22-41(5,6)44(9-2)34(30)20-36(32)54-35/h10-11,13-14,17-22H,8-9,12,15-16,23-24H2,1-7H3,(H2-,45,46,48,49,50,51,52,53). The molecule has 298 valence electrons. The van der Waals surface area contributed by atoms with Gasteiger partial charge in [0.2, 0.25) is 5.36 Å². The second-order valence-corrected chi connectivity index (χ2v) is 18.4. The second kappa shape index (κ2) is 14.6. The fourth-order valence-corrected chi connectivity index (χ4v) is 9.69. The summed E-state index contributed by atoms with van der Waals surface area (Å²) in [5.41, 5.74) is 2.92. The summed E-state index contributed by atoms with van der Waals surface area (Å²) in [6.45, 7) is 13.0. The molecule has 2 N–H and O–H groups in total. The topological polar surface area (TPSA) is 185 Å². The number of likely N-dealkylation sites (N-methyl/N-ethyl adjacent to an activating group) is 2. The summed E-state index contributed by atoms with van der Waals surface area (Å²) in [7, 11) is -7.57. The quantitative estimate of drug-likeness (QED) is 0.155. The van der Waals surface area contributed by atoms with Gasteiger partial charge in [0.1, 0.15) is 23.8 Å². The number of carboxylic acid groups (broad SMARTS) is 1. The summed E-state index contributed by atoms with van der Waals surface area (Å²) in [5, 5.41) is 10.4. The van der Waals surface area contributed by atoms with Gasteiger partial charge in [0.15, 0.2) is 5.54 Å². The van der Waals surface area contributed by atoms with Crippen molar-refractivity contribution in [2.45, 2.75) is 65.5 Å². The normalized spacial score (nSPS) is 16.8. The molecule has 3 aliphatic heterocycles. The van der Waals surface area contributed by atoms with Crippen molar-refractivity contribution in [3.8, 4) is 11.5 Å². The zero-order valence-electron chi connectivity index (χ0n) is 32.5. The maximum Gasteiger partial charge on any atom is 0.303 e. The van der Waals surface area contributed by atoms with E-state index in [-0.39, 0.29) is 25.3 Å². The highest BCUT2D eigenvalue weighted by Gasteiger charge is 2.38. The molecule has 6 rings (SSSR count). The molecule has 0 radical (unpaired) electrons. The Labute approximate surface area is 327 Å². The van der Waals surface area contributed by atoms with Gasteiger partial charge in [-0.05, 0) is 75.1 Å². The van der Waals surface area contributed by atoms with Gasteiger partial charge in [-0.2, -0.15) is 8.42 Å².